The van der Waals surface area contributed by atoms with E-state index in [2.05, 4.69) is 29.8 Å². The SMILES string of the molecule is COc1c(Br)cc(Cl)cc1C(O)CC(C)C. The first-order chi connectivity index (χ1) is 7.45. The minimum atomic E-state index is -0.551. The quantitative estimate of drug-likeness (QED) is 0.903. The van der Waals surface area contributed by atoms with Crippen LogP contribution in [-0.4, -0.2) is 12.2 Å². The smallest absolute Gasteiger partial charge is 0.138 e. The Morgan fingerprint density at radius 1 is 1.44 bits per heavy atom. The lowest BCUT2D eigenvalue weighted by Crippen LogP contribution is -2.04. The molecule has 1 N–H and O–H groups in total. The van der Waals surface area contributed by atoms with E-state index < -0.39 is 6.10 Å². The third-order valence-corrected chi connectivity index (χ3v) is 3.10. The van der Waals surface area contributed by atoms with Crippen LogP contribution in [0.4, 0.5) is 0 Å². The summed E-state index contributed by atoms with van der Waals surface area (Å²) in [5.74, 6) is 1.06. The maximum Gasteiger partial charge on any atom is 0.138 e. The molecular formula is C12H16BrClO2. The van der Waals surface area contributed by atoms with Crippen LogP contribution < -0.4 is 4.74 Å². The summed E-state index contributed by atoms with van der Waals surface area (Å²) in [5.41, 5.74) is 0.732. The van der Waals surface area contributed by atoms with Crippen LogP contribution in [0, 0.1) is 5.92 Å². The monoisotopic (exact) mass is 306 g/mol. The van der Waals surface area contributed by atoms with Gasteiger partial charge in [-0.15, -0.1) is 0 Å². The Morgan fingerprint density at radius 2 is 2.06 bits per heavy atom. The van der Waals surface area contributed by atoms with Crippen molar-refractivity contribution >= 4 is 27.5 Å². The second kappa shape index (κ2) is 5.89. The van der Waals surface area contributed by atoms with Gasteiger partial charge >= 0.3 is 0 Å². The summed E-state index contributed by atoms with van der Waals surface area (Å²) in [4.78, 5) is 0. The average Bonchev–Trinajstić information content (AvgIpc) is 2.15. The minimum absolute atomic E-state index is 0.414. The van der Waals surface area contributed by atoms with Gasteiger partial charge in [-0.1, -0.05) is 25.4 Å². The second-order valence-electron chi connectivity index (χ2n) is 4.16. The summed E-state index contributed by atoms with van der Waals surface area (Å²) >= 11 is 9.34. The fraction of sp³-hybridized carbons (Fsp3) is 0.500. The molecule has 16 heavy (non-hydrogen) atoms. The van der Waals surface area contributed by atoms with E-state index in [-0.39, 0.29) is 0 Å². The summed E-state index contributed by atoms with van der Waals surface area (Å²) in [6.07, 6.45) is 0.133. The highest BCUT2D eigenvalue weighted by Crippen LogP contribution is 2.37. The number of methoxy groups -OCH3 is 1. The molecule has 0 spiro atoms. The van der Waals surface area contributed by atoms with Crippen molar-refractivity contribution in [2.24, 2.45) is 5.92 Å². The average molecular weight is 308 g/mol. The van der Waals surface area contributed by atoms with Crippen molar-refractivity contribution in [1.29, 1.82) is 0 Å². The number of rotatable bonds is 4. The predicted molar refractivity (Wildman–Crippen MR) is 70.1 cm³/mol. The summed E-state index contributed by atoms with van der Waals surface area (Å²) in [6.45, 7) is 4.13. The molecule has 2 nitrogen and oxygen atoms in total. The summed E-state index contributed by atoms with van der Waals surface area (Å²) in [5, 5.41) is 10.7. The van der Waals surface area contributed by atoms with E-state index >= 15 is 0 Å². The highest BCUT2D eigenvalue weighted by molar-refractivity contribution is 9.10. The molecule has 0 amide bonds. The van der Waals surface area contributed by atoms with E-state index in [4.69, 9.17) is 16.3 Å². The van der Waals surface area contributed by atoms with Crippen molar-refractivity contribution in [2.45, 2.75) is 26.4 Å². The van der Waals surface area contributed by atoms with Crippen LogP contribution in [0.3, 0.4) is 0 Å². The van der Waals surface area contributed by atoms with Crippen LogP contribution in [-0.2, 0) is 0 Å². The molecule has 0 fully saturated rings. The number of hydrogen-bond acceptors (Lipinski definition) is 2. The Labute approximate surface area is 110 Å². The van der Waals surface area contributed by atoms with E-state index in [1.807, 2.05) is 0 Å². The van der Waals surface area contributed by atoms with Gasteiger partial charge in [-0.25, -0.2) is 0 Å². The molecule has 1 aromatic rings. The first-order valence-corrected chi connectivity index (χ1v) is 6.33. The number of halogens is 2. The molecule has 0 saturated heterocycles. The van der Waals surface area contributed by atoms with Crippen LogP contribution in [0.1, 0.15) is 31.9 Å². The summed E-state index contributed by atoms with van der Waals surface area (Å²) in [7, 11) is 1.58. The van der Waals surface area contributed by atoms with Crippen molar-refractivity contribution in [3.63, 3.8) is 0 Å². The van der Waals surface area contributed by atoms with Gasteiger partial charge in [0.25, 0.3) is 0 Å². The van der Waals surface area contributed by atoms with Gasteiger partial charge in [0.2, 0.25) is 0 Å². The van der Waals surface area contributed by atoms with E-state index in [0.29, 0.717) is 23.1 Å². The van der Waals surface area contributed by atoms with Gasteiger partial charge in [-0.2, -0.15) is 0 Å². The molecule has 1 unspecified atom stereocenters. The number of aliphatic hydroxyl groups is 1. The van der Waals surface area contributed by atoms with Gasteiger partial charge in [-0.05, 0) is 40.4 Å². The summed E-state index contributed by atoms with van der Waals surface area (Å²) < 4.78 is 6.03. The highest BCUT2D eigenvalue weighted by Gasteiger charge is 2.17. The normalized spacial score (nSPS) is 12.9. The summed E-state index contributed by atoms with van der Waals surface area (Å²) in [6, 6.07) is 3.50. The van der Waals surface area contributed by atoms with Crippen molar-refractivity contribution < 1.29 is 9.84 Å². The van der Waals surface area contributed by atoms with E-state index in [1.54, 1.807) is 19.2 Å². The largest absolute Gasteiger partial charge is 0.495 e. The lowest BCUT2D eigenvalue weighted by molar-refractivity contribution is 0.147. The van der Waals surface area contributed by atoms with Crippen LogP contribution in [0.25, 0.3) is 0 Å². The zero-order valence-corrected chi connectivity index (χ0v) is 12.0. The maximum atomic E-state index is 10.1. The molecule has 0 heterocycles. The number of aliphatic hydroxyl groups excluding tert-OH is 1. The van der Waals surface area contributed by atoms with Gasteiger partial charge in [0.05, 0.1) is 17.7 Å². The Balaban J connectivity index is 3.10. The van der Waals surface area contributed by atoms with Crippen molar-refractivity contribution in [3.05, 3.63) is 27.2 Å². The Morgan fingerprint density at radius 3 is 2.56 bits per heavy atom. The van der Waals surface area contributed by atoms with E-state index in [1.165, 1.54) is 0 Å². The molecule has 1 aromatic carbocycles. The first-order valence-electron chi connectivity index (χ1n) is 5.16. The maximum absolute atomic E-state index is 10.1. The molecule has 90 valence electrons. The number of benzene rings is 1. The highest BCUT2D eigenvalue weighted by atomic mass is 79.9. The van der Waals surface area contributed by atoms with E-state index in [9.17, 15) is 5.11 Å². The number of hydrogen-bond donors (Lipinski definition) is 1. The Hall–Kier alpha value is -0.250. The molecule has 0 saturated carbocycles. The van der Waals surface area contributed by atoms with Crippen LogP contribution in [0.15, 0.2) is 16.6 Å². The molecule has 0 radical (unpaired) electrons. The Kier molecular flexibility index (Phi) is 5.09. The molecule has 0 aliphatic carbocycles. The topological polar surface area (TPSA) is 29.5 Å². The fourth-order valence-corrected chi connectivity index (χ4v) is 2.61. The Bertz CT molecular complexity index is 366. The van der Waals surface area contributed by atoms with Crippen LogP contribution in [0.5, 0.6) is 5.75 Å². The molecule has 0 bridgehead atoms. The molecule has 0 aliphatic heterocycles. The van der Waals surface area contributed by atoms with Gasteiger partial charge < -0.3 is 9.84 Å². The van der Waals surface area contributed by atoms with Crippen molar-refractivity contribution in [1.82, 2.24) is 0 Å². The van der Waals surface area contributed by atoms with Crippen molar-refractivity contribution in [2.75, 3.05) is 7.11 Å². The molecule has 1 atom stereocenters. The molecule has 0 aliphatic rings. The molecule has 0 aromatic heterocycles. The fourth-order valence-electron chi connectivity index (χ4n) is 1.62. The standard InChI is InChI=1S/C12H16BrClO2/c1-7(2)4-11(15)9-5-8(14)6-10(13)12(9)16-3/h5-7,11,15H,4H2,1-3H3. The van der Waals surface area contributed by atoms with Crippen LogP contribution >= 0.6 is 27.5 Å². The molecular weight excluding hydrogens is 291 g/mol. The minimum Gasteiger partial charge on any atom is -0.495 e. The molecule has 1 rings (SSSR count). The number of ether oxygens (including phenoxy) is 1. The van der Waals surface area contributed by atoms with Gasteiger partial charge in [0.1, 0.15) is 5.75 Å². The van der Waals surface area contributed by atoms with Crippen LogP contribution in [0.2, 0.25) is 5.02 Å². The van der Waals surface area contributed by atoms with Gasteiger partial charge in [0.15, 0.2) is 0 Å². The van der Waals surface area contributed by atoms with Gasteiger partial charge in [0, 0.05) is 10.6 Å². The first kappa shape index (κ1) is 13.8. The zero-order chi connectivity index (χ0) is 12.3. The predicted octanol–water partition coefficient (Wildman–Crippen LogP) is 4.19. The second-order valence-corrected chi connectivity index (χ2v) is 5.45. The lowest BCUT2D eigenvalue weighted by Gasteiger charge is -2.18. The van der Waals surface area contributed by atoms with E-state index in [0.717, 1.165) is 10.0 Å². The third-order valence-electron chi connectivity index (χ3n) is 2.29. The lowest BCUT2D eigenvalue weighted by atomic mass is 9.99. The third kappa shape index (κ3) is 3.37. The van der Waals surface area contributed by atoms with Crippen molar-refractivity contribution in [3.8, 4) is 5.75 Å². The zero-order valence-electron chi connectivity index (χ0n) is 9.63. The molecule has 4 heteroatoms. The van der Waals surface area contributed by atoms with Gasteiger partial charge in [-0.3, -0.25) is 0 Å².